The maximum Gasteiger partial charge on any atom is 0.353 e. The molecule has 0 saturated carbocycles. The van der Waals surface area contributed by atoms with Crippen molar-refractivity contribution >= 4 is 23.8 Å². The van der Waals surface area contributed by atoms with Gasteiger partial charge in [-0.15, -0.1) is 0 Å². The zero-order chi connectivity index (χ0) is 11.6. The van der Waals surface area contributed by atoms with Crippen molar-refractivity contribution in [3.63, 3.8) is 0 Å². The number of aliphatic carboxylic acids is 2. The summed E-state index contributed by atoms with van der Waals surface area (Å²) in [4.78, 5) is 43.6. The molecule has 0 spiro atoms. The largest absolute Gasteiger partial charge is 0.478 e. The van der Waals surface area contributed by atoms with Gasteiger partial charge in [-0.05, 0) is 0 Å². The third kappa shape index (κ3) is 2.19. The lowest BCUT2D eigenvalue weighted by Crippen LogP contribution is -2.32. The molecule has 0 aromatic heterocycles. The van der Waals surface area contributed by atoms with Crippen molar-refractivity contribution in [3.8, 4) is 0 Å². The lowest BCUT2D eigenvalue weighted by Gasteiger charge is -2.12. The maximum atomic E-state index is 11.1. The number of carboxylic acids is 2. The minimum absolute atomic E-state index is 0.0942. The Bertz CT molecular complexity index is 367. The van der Waals surface area contributed by atoms with Gasteiger partial charge >= 0.3 is 11.9 Å². The molecule has 1 saturated heterocycles. The molecule has 7 nitrogen and oxygen atoms in total. The molecule has 0 unspecified atom stereocenters. The maximum absolute atomic E-state index is 11.1. The first-order valence-electron chi connectivity index (χ1n) is 3.97. The zero-order valence-electron chi connectivity index (χ0n) is 7.47. The molecule has 1 fully saturated rings. The van der Waals surface area contributed by atoms with Gasteiger partial charge in [-0.1, -0.05) is 0 Å². The summed E-state index contributed by atoms with van der Waals surface area (Å²) in [7, 11) is 0. The number of hydrogen-bond acceptors (Lipinski definition) is 4. The molecule has 0 aliphatic carbocycles. The first-order valence-corrected chi connectivity index (χ1v) is 3.97. The smallest absolute Gasteiger partial charge is 0.353 e. The molecule has 2 N–H and O–H groups in total. The third-order valence-corrected chi connectivity index (χ3v) is 1.77. The van der Waals surface area contributed by atoms with E-state index in [1.807, 2.05) is 0 Å². The summed E-state index contributed by atoms with van der Waals surface area (Å²) in [6.07, 6.45) is 0.135. The molecule has 0 aromatic carbocycles. The number of likely N-dealkylation sites (tertiary alicyclic amines) is 1. The summed E-state index contributed by atoms with van der Waals surface area (Å²) in [5, 5.41) is 17.0. The van der Waals surface area contributed by atoms with E-state index >= 15 is 0 Å². The van der Waals surface area contributed by atoms with Crippen LogP contribution in [0.1, 0.15) is 12.8 Å². The average molecular weight is 213 g/mol. The monoisotopic (exact) mass is 213 g/mol. The molecule has 1 heterocycles. The van der Waals surface area contributed by atoms with Crippen molar-refractivity contribution in [2.45, 2.75) is 12.8 Å². The predicted octanol–water partition coefficient (Wildman–Crippen LogP) is -0.811. The Morgan fingerprint density at radius 2 is 1.60 bits per heavy atom. The number of rotatable bonds is 3. The summed E-state index contributed by atoms with van der Waals surface area (Å²) >= 11 is 0. The Hall–Kier alpha value is -2.18. The van der Waals surface area contributed by atoms with Crippen LogP contribution < -0.4 is 0 Å². The minimum Gasteiger partial charge on any atom is -0.478 e. The van der Waals surface area contributed by atoms with Crippen LogP contribution >= 0.6 is 0 Å². The molecule has 15 heavy (non-hydrogen) atoms. The van der Waals surface area contributed by atoms with Gasteiger partial charge in [-0.25, -0.2) is 14.5 Å². The Morgan fingerprint density at radius 3 is 1.93 bits per heavy atom. The van der Waals surface area contributed by atoms with Crippen LogP contribution in [0.2, 0.25) is 0 Å². The second-order valence-electron chi connectivity index (χ2n) is 2.80. The number of carbonyl (C=O) groups is 4. The molecule has 0 radical (unpaired) electrons. The summed E-state index contributed by atoms with van der Waals surface area (Å²) in [6, 6.07) is 0. The quantitative estimate of drug-likeness (QED) is 0.468. The molecule has 2 amide bonds. The van der Waals surface area contributed by atoms with Crippen LogP contribution in [0.4, 0.5) is 0 Å². The predicted molar refractivity (Wildman–Crippen MR) is 44.4 cm³/mol. The first-order chi connectivity index (χ1) is 6.93. The molecule has 1 aliphatic rings. The van der Waals surface area contributed by atoms with Crippen LogP contribution in [0.3, 0.4) is 0 Å². The van der Waals surface area contributed by atoms with Gasteiger partial charge in [-0.3, -0.25) is 9.59 Å². The number of amides is 2. The summed E-state index contributed by atoms with van der Waals surface area (Å²) < 4.78 is 0. The van der Waals surface area contributed by atoms with Gasteiger partial charge in [0.25, 0.3) is 0 Å². The van der Waals surface area contributed by atoms with E-state index in [0.29, 0.717) is 11.0 Å². The van der Waals surface area contributed by atoms with Crippen molar-refractivity contribution in [2.24, 2.45) is 0 Å². The van der Waals surface area contributed by atoms with E-state index in [1.165, 1.54) is 0 Å². The fourth-order valence-electron chi connectivity index (χ4n) is 1.18. The number of imide groups is 1. The van der Waals surface area contributed by atoms with Crippen LogP contribution in [0.5, 0.6) is 0 Å². The van der Waals surface area contributed by atoms with Crippen LogP contribution in [0.25, 0.3) is 0 Å². The lowest BCUT2D eigenvalue weighted by atomic mass is 10.3. The standard InChI is InChI=1S/C8H7NO6/c10-5-1-2-6(11)9(5)4(8(14)15)3-7(12)13/h3H,1-2H2,(H,12,13)(H,14,15)/b4-3+. The van der Waals surface area contributed by atoms with Gasteiger partial charge in [0.1, 0.15) is 5.70 Å². The highest BCUT2D eigenvalue weighted by Gasteiger charge is 2.35. The minimum atomic E-state index is -1.62. The van der Waals surface area contributed by atoms with Crippen LogP contribution in [0, 0.1) is 0 Å². The highest BCUT2D eigenvalue weighted by atomic mass is 16.4. The Morgan fingerprint density at radius 1 is 1.13 bits per heavy atom. The Labute approximate surface area is 83.6 Å². The van der Waals surface area contributed by atoms with Gasteiger partial charge in [0.05, 0.1) is 6.08 Å². The molecular formula is C8H7NO6. The van der Waals surface area contributed by atoms with Crippen molar-refractivity contribution in [3.05, 3.63) is 11.8 Å². The first kappa shape index (κ1) is 10.9. The van der Waals surface area contributed by atoms with E-state index in [0.717, 1.165) is 0 Å². The van der Waals surface area contributed by atoms with Crippen LogP contribution in [-0.2, 0) is 19.2 Å². The van der Waals surface area contributed by atoms with Crippen molar-refractivity contribution in [2.75, 3.05) is 0 Å². The van der Waals surface area contributed by atoms with E-state index in [2.05, 4.69) is 0 Å². The second-order valence-corrected chi connectivity index (χ2v) is 2.80. The van der Waals surface area contributed by atoms with E-state index in [4.69, 9.17) is 10.2 Å². The fourth-order valence-corrected chi connectivity index (χ4v) is 1.18. The van der Waals surface area contributed by atoms with Crippen LogP contribution in [-0.4, -0.2) is 38.9 Å². The van der Waals surface area contributed by atoms with Gasteiger partial charge in [-0.2, -0.15) is 0 Å². The molecule has 80 valence electrons. The summed E-state index contributed by atoms with van der Waals surface area (Å²) in [6.45, 7) is 0. The molecular weight excluding hydrogens is 206 g/mol. The Balaban J connectivity index is 3.10. The number of carboxylic acid groups (broad SMARTS) is 2. The molecule has 7 heteroatoms. The SMILES string of the molecule is O=C(O)/C=C(\C(=O)O)N1C(=O)CCC1=O. The normalized spacial score (nSPS) is 17.1. The van der Waals surface area contributed by atoms with Crippen molar-refractivity contribution in [1.82, 2.24) is 4.90 Å². The summed E-state index contributed by atoms with van der Waals surface area (Å²) in [5.41, 5.74) is -0.824. The van der Waals surface area contributed by atoms with E-state index in [-0.39, 0.29) is 12.8 Å². The van der Waals surface area contributed by atoms with Gasteiger partial charge in [0.15, 0.2) is 0 Å². The Kier molecular flexibility index (Phi) is 2.84. The van der Waals surface area contributed by atoms with Crippen molar-refractivity contribution in [1.29, 1.82) is 0 Å². The number of hydrogen-bond donors (Lipinski definition) is 2. The number of nitrogens with zero attached hydrogens (tertiary/aromatic N) is 1. The fraction of sp³-hybridized carbons (Fsp3) is 0.250. The summed E-state index contributed by atoms with van der Waals surface area (Å²) in [5.74, 6) is -4.55. The van der Waals surface area contributed by atoms with E-state index in [1.54, 1.807) is 0 Å². The van der Waals surface area contributed by atoms with Gasteiger partial charge in [0.2, 0.25) is 11.8 Å². The van der Waals surface area contributed by atoms with Gasteiger partial charge < -0.3 is 10.2 Å². The van der Waals surface area contributed by atoms with Crippen molar-refractivity contribution < 1.29 is 29.4 Å². The number of carbonyl (C=O) groups excluding carboxylic acids is 2. The lowest BCUT2D eigenvalue weighted by molar-refractivity contribution is -0.144. The topological polar surface area (TPSA) is 112 Å². The molecule has 1 aliphatic heterocycles. The van der Waals surface area contributed by atoms with Crippen LogP contribution in [0.15, 0.2) is 11.8 Å². The molecule has 0 bridgehead atoms. The van der Waals surface area contributed by atoms with E-state index < -0.39 is 29.5 Å². The zero-order valence-corrected chi connectivity index (χ0v) is 7.47. The highest BCUT2D eigenvalue weighted by molar-refractivity contribution is 6.10. The highest BCUT2D eigenvalue weighted by Crippen LogP contribution is 2.17. The third-order valence-electron chi connectivity index (χ3n) is 1.77. The molecule has 1 rings (SSSR count). The second kappa shape index (κ2) is 3.91. The van der Waals surface area contributed by atoms with E-state index in [9.17, 15) is 19.2 Å². The average Bonchev–Trinajstić information content (AvgIpc) is 2.42. The van der Waals surface area contributed by atoms with Gasteiger partial charge in [0, 0.05) is 12.8 Å². The molecule has 0 aromatic rings. The molecule has 0 atom stereocenters.